The number of thiophene rings is 1. The number of aromatic nitrogens is 3. The number of morpholine rings is 1. The topological polar surface area (TPSA) is 89.4 Å². The second-order valence-electron chi connectivity index (χ2n) is 9.35. The van der Waals surface area contributed by atoms with Gasteiger partial charge in [0.05, 0.1) is 23.9 Å². The molecule has 2 unspecified atom stereocenters. The van der Waals surface area contributed by atoms with Crippen molar-refractivity contribution in [1.29, 1.82) is 0 Å². The number of fused-ring (bicyclic) bond motifs is 3. The van der Waals surface area contributed by atoms with E-state index in [4.69, 9.17) is 4.74 Å². The lowest BCUT2D eigenvalue weighted by atomic mass is 9.97. The highest BCUT2D eigenvalue weighted by Crippen LogP contribution is 2.33. The number of ether oxygens (including phenoxy) is 1. The van der Waals surface area contributed by atoms with Gasteiger partial charge in [0.25, 0.3) is 5.56 Å². The van der Waals surface area contributed by atoms with Crippen LogP contribution in [0.1, 0.15) is 49.1 Å². The monoisotopic (exact) mass is 481 g/mol. The van der Waals surface area contributed by atoms with Gasteiger partial charge >= 0.3 is 0 Å². The first-order valence-corrected chi connectivity index (χ1v) is 12.9. The number of rotatable bonds is 6. The molecular formula is C25H31N5O3S. The molecule has 1 saturated heterocycles. The molecule has 0 saturated carbocycles. The number of hydrogen-bond donors (Lipinski definition) is 1. The number of anilines is 1. The van der Waals surface area contributed by atoms with E-state index in [1.165, 1.54) is 16.9 Å². The van der Waals surface area contributed by atoms with Gasteiger partial charge in [-0.3, -0.25) is 14.2 Å². The molecule has 0 spiro atoms. The Labute approximate surface area is 203 Å². The summed E-state index contributed by atoms with van der Waals surface area (Å²) in [5, 5.41) is 3.70. The van der Waals surface area contributed by atoms with Gasteiger partial charge in [-0.2, -0.15) is 0 Å². The largest absolute Gasteiger partial charge is 0.372 e. The van der Waals surface area contributed by atoms with Crippen LogP contribution in [-0.4, -0.2) is 45.7 Å². The van der Waals surface area contributed by atoms with Crippen LogP contribution < -0.4 is 15.8 Å². The number of nitrogens with one attached hydrogen (secondary N) is 1. The third kappa shape index (κ3) is 4.86. The van der Waals surface area contributed by atoms with E-state index >= 15 is 0 Å². The first-order chi connectivity index (χ1) is 16.5. The molecule has 3 aromatic rings. The number of amides is 1. The van der Waals surface area contributed by atoms with Crippen LogP contribution in [0.2, 0.25) is 0 Å². The van der Waals surface area contributed by atoms with E-state index in [9.17, 15) is 9.59 Å². The normalized spacial score (nSPS) is 20.4. The Hall–Kier alpha value is -2.78. The molecule has 2 atom stereocenters. The number of aryl methyl sites for hydroxylation is 3. The SMILES string of the molecule is CC1CN(c2ccc(CNC(=O)CCn3cnc4sc5c(c4c3=O)CCCC5)cn2)CC(C)O1. The third-order valence-corrected chi connectivity index (χ3v) is 7.76. The molecule has 0 radical (unpaired) electrons. The van der Waals surface area contributed by atoms with Crippen LogP contribution in [0.5, 0.6) is 0 Å². The Morgan fingerprint density at radius 3 is 2.74 bits per heavy atom. The third-order valence-electron chi connectivity index (χ3n) is 6.56. The molecule has 1 amide bonds. The van der Waals surface area contributed by atoms with Crippen LogP contribution in [0.25, 0.3) is 10.2 Å². The predicted octanol–water partition coefficient (Wildman–Crippen LogP) is 3.05. The van der Waals surface area contributed by atoms with Crippen molar-refractivity contribution in [2.75, 3.05) is 18.0 Å². The molecule has 5 rings (SSSR count). The van der Waals surface area contributed by atoms with Crippen LogP contribution in [0.15, 0.2) is 29.5 Å². The van der Waals surface area contributed by atoms with Gasteiger partial charge < -0.3 is 15.0 Å². The fourth-order valence-electron chi connectivity index (χ4n) is 4.92. The van der Waals surface area contributed by atoms with Gasteiger partial charge in [-0.25, -0.2) is 9.97 Å². The maximum Gasteiger partial charge on any atom is 0.262 e. The van der Waals surface area contributed by atoms with Crippen molar-refractivity contribution < 1.29 is 9.53 Å². The van der Waals surface area contributed by atoms with Gasteiger partial charge in [0.2, 0.25) is 5.91 Å². The summed E-state index contributed by atoms with van der Waals surface area (Å²) >= 11 is 1.64. The summed E-state index contributed by atoms with van der Waals surface area (Å²) in [6.45, 7) is 6.52. The van der Waals surface area contributed by atoms with E-state index in [2.05, 4.69) is 34.0 Å². The second-order valence-corrected chi connectivity index (χ2v) is 10.4. The summed E-state index contributed by atoms with van der Waals surface area (Å²) in [4.78, 5) is 38.9. The number of carbonyl (C=O) groups is 1. The Morgan fingerprint density at radius 2 is 1.97 bits per heavy atom. The van der Waals surface area contributed by atoms with Gasteiger partial charge in [-0.1, -0.05) is 6.07 Å². The van der Waals surface area contributed by atoms with Crippen molar-refractivity contribution in [2.24, 2.45) is 0 Å². The molecule has 1 aliphatic carbocycles. The molecule has 1 aliphatic heterocycles. The Morgan fingerprint density at radius 1 is 1.18 bits per heavy atom. The smallest absolute Gasteiger partial charge is 0.262 e. The fraction of sp³-hybridized carbons (Fsp3) is 0.520. The van der Waals surface area contributed by atoms with Gasteiger partial charge in [0, 0.05) is 43.7 Å². The number of carbonyl (C=O) groups excluding carboxylic acids is 1. The molecule has 3 aromatic heterocycles. The van der Waals surface area contributed by atoms with Crippen molar-refractivity contribution in [3.63, 3.8) is 0 Å². The zero-order valence-corrected chi connectivity index (χ0v) is 20.6. The minimum atomic E-state index is -0.0979. The summed E-state index contributed by atoms with van der Waals surface area (Å²) < 4.78 is 7.36. The number of hydrogen-bond acceptors (Lipinski definition) is 7. The molecule has 1 N–H and O–H groups in total. The fourth-order valence-corrected chi connectivity index (χ4v) is 6.14. The predicted molar refractivity (Wildman–Crippen MR) is 133 cm³/mol. The van der Waals surface area contributed by atoms with Crippen LogP contribution in [-0.2, 0) is 35.5 Å². The molecule has 1 fully saturated rings. The highest BCUT2D eigenvalue weighted by Gasteiger charge is 2.23. The van der Waals surface area contributed by atoms with Crippen molar-refractivity contribution >= 4 is 33.3 Å². The second kappa shape index (κ2) is 9.84. The number of nitrogens with zero attached hydrogens (tertiary/aromatic N) is 4. The lowest BCUT2D eigenvalue weighted by molar-refractivity contribution is -0.121. The summed E-state index contributed by atoms with van der Waals surface area (Å²) in [6, 6.07) is 3.99. The standard InChI is InChI=1S/C25H31N5O3S/c1-16-13-30(14-17(2)33-16)21-8-7-18(11-26-21)12-27-22(31)9-10-29-15-28-24-23(25(29)32)19-5-3-4-6-20(19)34-24/h7-8,11,15-17H,3-6,9-10,12-14H2,1-2H3,(H,27,31). The first-order valence-electron chi connectivity index (χ1n) is 12.1. The zero-order valence-electron chi connectivity index (χ0n) is 19.7. The molecule has 4 heterocycles. The summed E-state index contributed by atoms with van der Waals surface area (Å²) in [7, 11) is 0. The summed E-state index contributed by atoms with van der Waals surface area (Å²) in [5.41, 5.74) is 2.10. The molecule has 34 heavy (non-hydrogen) atoms. The maximum absolute atomic E-state index is 13.0. The van der Waals surface area contributed by atoms with E-state index in [1.807, 2.05) is 18.3 Å². The Balaban J connectivity index is 1.16. The molecule has 0 bridgehead atoms. The molecular weight excluding hydrogens is 450 g/mol. The van der Waals surface area contributed by atoms with Crippen molar-refractivity contribution in [3.8, 4) is 0 Å². The first kappa shape index (κ1) is 23.0. The lowest BCUT2D eigenvalue weighted by Crippen LogP contribution is -2.45. The van der Waals surface area contributed by atoms with E-state index in [0.717, 1.165) is 53.9 Å². The summed E-state index contributed by atoms with van der Waals surface area (Å²) in [6.07, 6.45) is 8.27. The van der Waals surface area contributed by atoms with E-state index < -0.39 is 0 Å². The Kier molecular flexibility index (Phi) is 6.65. The van der Waals surface area contributed by atoms with Crippen molar-refractivity contribution in [1.82, 2.24) is 19.9 Å². The molecule has 180 valence electrons. The van der Waals surface area contributed by atoms with E-state index in [0.29, 0.717) is 13.1 Å². The molecule has 9 heteroatoms. The number of pyridine rings is 1. The van der Waals surface area contributed by atoms with E-state index in [1.54, 1.807) is 22.2 Å². The lowest BCUT2D eigenvalue weighted by Gasteiger charge is -2.36. The van der Waals surface area contributed by atoms with Gasteiger partial charge in [0.1, 0.15) is 10.6 Å². The van der Waals surface area contributed by atoms with Gasteiger partial charge in [-0.15, -0.1) is 11.3 Å². The quantitative estimate of drug-likeness (QED) is 0.582. The minimum absolute atomic E-state index is 0.0243. The molecule has 0 aromatic carbocycles. The van der Waals surface area contributed by atoms with Gasteiger partial charge in [0.15, 0.2) is 0 Å². The molecule has 2 aliphatic rings. The van der Waals surface area contributed by atoms with Crippen LogP contribution in [0.4, 0.5) is 5.82 Å². The average molecular weight is 482 g/mol. The van der Waals surface area contributed by atoms with Crippen LogP contribution in [0.3, 0.4) is 0 Å². The maximum atomic E-state index is 13.0. The van der Waals surface area contributed by atoms with Gasteiger partial charge in [-0.05, 0) is 56.7 Å². The van der Waals surface area contributed by atoms with Crippen molar-refractivity contribution in [2.45, 2.75) is 71.2 Å². The highest BCUT2D eigenvalue weighted by atomic mass is 32.1. The Bertz CT molecular complexity index is 1230. The van der Waals surface area contributed by atoms with Crippen molar-refractivity contribution in [3.05, 3.63) is 51.0 Å². The average Bonchev–Trinajstić information content (AvgIpc) is 3.21. The molecule has 8 nitrogen and oxygen atoms in total. The minimum Gasteiger partial charge on any atom is -0.372 e. The van der Waals surface area contributed by atoms with Crippen LogP contribution >= 0.6 is 11.3 Å². The highest BCUT2D eigenvalue weighted by molar-refractivity contribution is 7.18. The van der Waals surface area contributed by atoms with Crippen LogP contribution in [0, 0.1) is 0 Å². The van der Waals surface area contributed by atoms with E-state index in [-0.39, 0.29) is 30.1 Å². The summed E-state index contributed by atoms with van der Waals surface area (Å²) in [5.74, 6) is 0.828. The zero-order chi connectivity index (χ0) is 23.7.